The van der Waals surface area contributed by atoms with E-state index >= 15 is 0 Å². The summed E-state index contributed by atoms with van der Waals surface area (Å²) >= 11 is 1.75. The highest BCUT2D eigenvalue weighted by Gasteiger charge is 2.13. The lowest BCUT2D eigenvalue weighted by molar-refractivity contribution is 0.832. The maximum absolute atomic E-state index is 4.59. The molecule has 18 heavy (non-hydrogen) atoms. The van der Waals surface area contributed by atoms with Gasteiger partial charge in [0, 0.05) is 10.6 Å². The minimum atomic E-state index is 0.207. The molecule has 2 rings (SSSR count). The minimum Gasteiger partial charge on any atom is -0.375 e. The van der Waals surface area contributed by atoms with Gasteiger partial charge < -0.3 is 5.32 Å². The van der Waals surface area contributed by atoms with E-state index in [1.54, 1.807) is 11.3 Å². The minimum absolute atomic E-state index is 0.207. The van der Waals surface area contributed by atoms with Gasteiger partial charge in [0.15, 0.2) is 0 Å². The lowest BCUT2D eigenvalue weighted by Crippen LogP contribution is -2.10. The second-order valence-corrected chi connectivity index (χ2v) is 6.03. The van der Waals surface area contributed by atoms with Gasteiger partial charge in [-0.25, -0.2) is 4.98 Å². The van der Waals surface area contributed by atoms with E-state index in [9.17, 15) is 0 Å². The van der Waals surface area contributed by atoms with Gasteiger partial charge in [0.1, 0.15) is 0 Å². The van der Waals surface area contributed by atoms with E-state index in [1.807, 2.05) is 26.8 Å². The van der Waals surface area contributed by atoms with Gasteiger partial charge in [0.2, 0.25) is 0 Å². The largest absolute Gasteiger partial charge is 0.375 e. The first-order valence-corrected chi connectivity index (χ1v) is 6.93. The molecule has 0 amide bonds. The van der Waals surface area contributed by atoms with Gasteiger partial charge in [0.25, 0.3) is 0 Å². The molecule has 0 fully saturated rings. The van der Waals surface area contributed by atoms with E-state index in [-0.39, 0.29) is 6.04 Å². The Balaban J connectivity index is 2.21. The van der Waals surface area contributed by atoms with Crippen LogP contribution in [0.2, 0.25) is 0 Å². The van der Waals surface area contributed by atoms with Crippen LogP contribution < -0.4 is 5.32 Å². The van der Waals surface area contributed by atoms with Gasteiger partial charge in [0.05, 0.1) is 28.1 Å². The Kier molecular flexibility index (Phi) is 3.66. The Bertz CT molecular complexity index is 560. The van der Waals surface area contributed by atoms with Crippen LogP contribution in [0.15, 0.2) is 12.1 Å². The number of aromatic nitrogens is 2. The molecule has 0 aromatic carbocycles. The number of anilines is 1. The molecule has 2 heterocycles. The summed E-state index contributed by atoms with van der Waals surface area (Å²) in [6.45, 7) is 10.3. The molecular weight excluding hydrogens is 242 g/mol. The standard InChI is InChI=1S/C14H19N3S/c1-8-6-7-13(9(2)15-8)16-10(3)14-11(4)18-12(5)17-14/h6-7,10,16H,1-5H3. The second-order valence-electron chi connectivity index (χ2n) is 4.63. The maximum Gasteiger partial charge on any atom is 0.0901 e. The van der Waals surface area contributed by atoms with Crippen LogP contribution in [0.4, 0.5) is 5.69 Å². The first-order valence-electron chi connectivity index (χ1n) is 6.12. The number of pyridine rings is 1. The van der Waals surface area contributed by atoms with Crippen molar-refractivity contribution >= 4 is 17.0 Å². The zero-order chi connectivity index (χ0) is 13.3. The SMILES string of the molecule is Cc1ccc(NC(C)c2nc(C)sc2C)c(C)n1. The van der Waals surface area contributed by atoms with Crippen molar-refractivity contribution in [3.63, 3.8) is 0 Å². The van der Waals surface area contributed by atoms with Gasteiger partial charge >= 0.3 is 0 Å². The molecule has 2 aromatic heterocycles. The molecule has 4 heteroatoms. The van der Waals surface area contributed by atoms with E-state index in [0.717, 1.165) is 27.8 Å². The van der Waals surface area contributed by atoms with Crippen molar-refractivity contribution in [1.29, 1.82) is 0 Å². The first kappa shape index (κ1) is 13.0. The summed E-state index contributed by atoms with van der Waals surface area (Å²) in [6.07, 6.45) is 0. The predicted octanol–water partition coefficient (Wildman–Crippen LogP) is 3.94. The molecule has 0 spiro atoms. The van der Waals surface area contributed by atoms with Crippen LogP contribution in [0.25, 0.3) is 0 Å². The summed E-state index contributed by atoms with van der Waals surface area (Å²) in [6, 6.07) is 4.32. The molecule has 1 N–H and O–H groups in total. The van der Waals surface area contributed by atoms with Gasteiger partial charge in [-0.15, -0.1) is 11.3 Å². The van der Waals surface area contributed by atoms with Crippen LogP contribution in [0.3, 0.4) is 0 Å². The molecule has 0 aliphatic carbocycles. The summed E-state index contributed by atoms with van der Waals surface area (Å²) < 4.78 is 0. The highest BCUT2D eigenvalue weighted by Crippen LogP contribution is 2.26. The molecule has 1 unspecified atom stereocenters. The lowest BCUT2D eigenvalue weighted by atomic mass is 10.2. The van der Waals surface area contributed by atoms with Crippen LogP contribution in [-0.4, -0.2) is 9.97 Å². The van der Waals surface area contributed by atoms with E-state index in [2.05, 4.69) is 35.2 Å². The summed E-state index contributed by atoms with van der Waals surface area (Å²) in [5.74, 6) is 0. The Morgan fingerprint density at radius 3 is 2.39 bits per heavy atom. The van der Waals surface area contributed by atoms with Crippen molar-refractivity contribution in [2.75, 3.05) is 5.32 Å². The predicted molar refractivity (Wildman–Crippen MR) is 77.3 cm³/mol. The van der Waals surface area contributed by atoms with Gasteiger partial charge in [-0.2, -0.15) is 0 Å². The monoisotopic (exact) mass is 261 g/mol. The molecular formula is C14H19N3S. The Hall–Kier alpha value is -1.42. The molecule has 0 saturated heterocycles. The fourth-order valence-electron chi connectivity index (χ4n) is 2.09. The molecule has 0 aliphatic rings. The van der Waals surface area contributed by atoms with Crippen LogP contribution in [0.5, 0.6) is 0 Å². The number of hydrogen-bond acceptors (Lipinski definition) is 4. The highest BCUT2D eigenvalue weighted by molar-refractivity contribution is 7.11. The smallest absolute Gasteiger partial charge is 0.0901 e. The number of hydrogen-bond donors (Lipinski definition) is 1. The fraction of sp³-hybridized carbons (Fsp3) is 0.429. The lowest BCUT2D eigenvalue weighted by Gasteiger charge is -2.16. The topological polar surface area (TPSA) is 37.8 Å². The molecule has 0 bridgehead atoms. The van der Waals surface area contributed by atoms with Crippen LogP contribution in [0.1, 0.15) is 39.9 Å². The zero-order valence-corrected chi connectivity index (χ0v) is 12.4. The zero-order valence-electron chi connectivity index (χ0n) is 11.5. The Morgan fingerprint density at radius 2 is 1.83 bits per heavy atom. The summed E-state index contributed by atoms with van der Waals surface area (Å²) in [7, 11) is 0. The number of rotatable bonds is 3. The average Bonchev–Trinajstić information content (AvgIpc) is 2.62. The van der Waals surface area contributed by atoms with Gasteiger partial charge in [-0.3, -0.25) is 4.98 Å². The van der Waals surface area contributed by atoms with Crippen molar-refractivity contribution in [3.8, 4) is 0 Å². The second kappa shape index (κ2) is 5.06. The summed E-state index contributed by atoms with van der Waals surface area (Å²) in [5, 5.41) is 4.61. The molecule has 2 aromatic rings. The van der Waals surface area contributed by atoms with Crippen molar-refractivity contribution in [1.82, 2.24) is 9.97 Å². The van der Waals surface area contributed by atoms with Crippen molar-refractivity contribution < 1.29 is 0 Å². The molecule has 0 aliphatic heterocycles. The maximum atomic E-state index is 4.59. The summed E-state index contributed by atoms with van der Waals surface area (Å²) in [5.41, 5.74) is 4.30. The van der Waals surface area contributed by atoms with Gasteiger partial charge in [-0.05, 0) is 46.8 Å². The van der Waals surface area contributed by atoms with Crippen molar-refractivity contribution in [3.05, 3.63) is 39.1 Å². The van der Waals surface area contributed by atoms with Crippen LogP contribution in [-0.2, 0) is 0 Å². The first-order chi connectivity index (χ1) is 8.47. The highest BCUT2D eigenvalue weighted by atomic mass is 32.1. The molecule has 3 nitrogen and oxygen atoms in total. The van der Waals surface area contributed by atoms with Crippen molar-refractivity contribution in [2.24, 2.45) is 0 Å². The fourth-order valence-corrected chi connectivity index (χ4v) is 3.00. The normalized spacial score (nSPS) is 12.5. The Morgan fingerprint density at radius 1 is 1.11 bits per heavy atom. The third kappa shape index (κ3) is 2.70. The third-order valence-electron chi connectivity index (χ3n) is 2.95. The quantitative estimate of drug-likeness (QED) is 0.909. The van der Waals surface area contributed by atoms with Crippen molar-refractivity contribution in [2.45, 2.75) is 40.7 Å². The summed E-state index contributed by atoms with van der Waals surface area (Å²) in [4.78, 5) is 10.3. The molecule has 0 saturated carbocycles. The van der Waals surface area contributed by atoms with Gasteiger partial charge in [-0.1, -0.05) is 0 Å². The van der Waals surface area contributed by atoms with E-state index < -0.39 is 0 Å². The third-order valence-corrected chi connectivity index (χ3v) is 3.85. The van der Waals surface area contributed by atoms with E-state index in [1.165, 1.54) is 4.88 Å². The number of thiazole rings is 1. The molecule has 0 radical (unpaired) electrons. The molecule has 1 atom stereocenters. The number of aryl methyl sites for hydroxylation is 4. The Labute approximate surface area is 112 Å². The average molecular weight is 261 g/mol. The molecule has 96 valence electrons. The number of nitrogens with one attached hydrogen (secondary N) is 1. The van der Waals surface area contributed by atoms with E-state index in [0.29, 0.717) is 0 Å². The van der Waals surface area contributed by atoms with E-state index in [4.69, 9.17) is 0 Å². The van der Waals surface area contributed by atoms with Crippen LogP contribution >= 0.6 is 11.3 Å². The number of nitrogens with zero attached hydrogens (tertiary/aromatic N) is 2. The van der Waals surface area contributed by atoms with Crippen LogP contribution in [0, 0.1) is 27.7 Å².